The fraction of sp³-hybridized carbons (Fsp3) is 1.00. The van der Waals surface area contributed by atoms with Crippen molar-refractivity contribution in [3.63, 3.8) is 0 Å². The Hall–Kier alpha value is -0.160. The normalized spacial score (nSPS) is 24.9. The van der Waals surface area contributed by atoms with Gasteiger partial charge in [0.25, 0.3) is 0 Å². The van der Waals surface area contributed by atoms with E-state index in [-0.39, 0.29) is 0 Å². The zero-order chi connectivity index (χ0) is 12.5. The predicted molar refractivity (Wildman–Crippen MR) is 74.6 cm³/mol. The van der Waals surface area contributed by atoms with E-state index in [1.807, 2.05) is 0 Å². The zero-order valence-corrected chi connectivity index (χ0v) is 11.9. The molecule has 0 spiro atoms. The van der Waals surface area contributed by atoms with E-state index in [2.05, 4.69) is 41.0 Å². The molecule has 17 heavy (non-hydrogen) atoms. The maximum Gasteiger partial charge on any atom is 0.0110 e. The third-order valence-electron chi connectivity index (χ3n) is 3.60. The van der Waals surface area contributed by atoms with Crippen LogP contribution in [0.4, 0.5) is 0 Å². The Morgan fingerprint density at radius 1 is 0.824 bits per heavy atom. The van der Waals surface area contributed by atoms with Crippen molar-refractivity contribution >= 4 is 0 Å². The molecule has 0 aliphatic carbocycles. The Morgan fingerprint density at radius 2 is 1.47 bits per heavy atom. The first-order chi connectivity index (χ1) is 8.22. The summed E-state index contributed by atoms with van der Waals surface area (Å²) in [4.78, 5) is 7.42. The summed E-state index contributed by atoms with van der Waals surface area (Å²) in [6, 6.07) is 0. The van der Waals surface area contributed by atoms with E-state index in [1.165, 1.54) is 39.1 Å². The summed E-state index contributed by atoms with van der Waals surface area (Å²) >= 11 is 0. The highest BCUT2D eigenvalue weighted by molar-refractivity contribution is 4.64. The van der Waals surface area contributed by atoms with E-state index >= 15 is 0 Å². The number of nitrogens with zero attached hydrogens (tertiary/aromatic N) is 3. The van der Waals surface area contributed by atoms with Gasteiger partial charge in [-0.3, -0.25) is 0 Å². The lowest BCUT2D eigenvalue weighted by Gasteiger charge is -2.24. The highest BCUT2D eigenvalue weighted by atomic mass is 15.2. The Labute approximate surface area is 107 Å². The van der Waals surface area contributed by atoms with E-state index in [0.29, 0.717) is 0 Å². The summed E-state index contributed by atoms with van der Waals surface area (Å²) in [5, 5.41) is 3.53. The van der Waals surface area contributed by atoms with Gasteiger partial charge in [-0.05, 0) is 40.2 Å². The molecule has 102 valence electrons. The predicted octanol–water partition coefficient (Wildman–Crippen LogP) is 0.165. The van der Waals surface area contributed by atoms with Gasteiger partial charge < -0.3 is 20.0 Å². The van der Waals surface area contributed by atoms with Gasteiger partial charge in [-0.25, -0.2) is 0 Å². The molecule has 1 aliphatic rings. The summed E-state index contributed by atoms with van der Waals surface area (Å²) in [7, 11) is 4.46. The van der Waals surface area contributed by atoms with Gasteiger partial charge in [0.05, 0.1) is 0 Å². The number of hydrogen-bond donors (Lipinski definition) is 1. The van der Waals surface area contributed by atoms with Crippen LogP contribution in [-0.2, 0) is 0 Å². The molecule has 4 heteroatoms. The van der Waals surface area contributed by atoms with Crippen molar-refractivity contribution in [3.8, 4) is 0 Å². The van der Waals surface area contributed by atoms with Crippen molar-refractivity contribution in [2.75, 3.05) is 73.0 Å². The van der Waals surface area contributed by atoms with E-state index < -0.39 is 0 Å². The molecule has 0 unspecified atom stereocenters. The number of likely N-dealkylation sites (N-methyl/N-ethyl adjacent to an activating group) is 3. The summed E-state index contributed by atoms with van der Waals surface area (Å²) in [6.07, 6.45) is 1.28. The molecule has 0 aromatic rings. The van der Waals surface area contributed by atoms with Crippen LogP contribution < -0.4 is 5.32 Å². The first-order valence-corrected chi connectivity index (χ1v) is 7.02. The lowest BCUT2D eigenvalue weighted by Crippen LogP contribution is -2.38. The van der Waals surface area contributed by atoms with E-state index in [9.17, 15) is 0 Å². The largest absolute Gasteiger partial charge is 0.314 e. The molecule has 0 bridgehead atoms. The molecule has 0 amide bonds. The molecule has 0 saturated carbocycles. The monoisotopic (exact) mass is 242 g/mol. The minimum absolute atomic E-state index is 1.11. The molecule has 1 rings (SSSR count). The first kappa shape index (κ1) is 14.9. The summed E-state index contributed by atoms with van der Waals surface area (Å²) in [6.45, 7) is 12.8. The molecule has 4 nitrogen and oxygen atoms in total. The van der Waals surface area contributed by atoms with Crippen LogP contribution in [0.2, 0.25) is 0 Å². The third-order valence-corrected chi connectivity index (χ3v) is 3.60. The van der Waals surface area contributed by atoms with Gasteiger partial charge in [-0.1, -0.05) is 6.92 Å². The lowest BCUT2D eigenvalue weighted by molar-refractivity contribution is 0.230. The molecular weight excluding hydrogens is 212 g/mol. The Morgan fingerprint density at radius 3 is 2.18 bits per heavy atom. The molecule has 0 aromatic heterocycles. The second kappa shape index (κ2) is 8.86. The average Bonchev–Trinajstić information content (AvgIpc) is 2.33. The second-order valence-electron chi connectivity index (χ2n) is 5.14. The minimum Gasteiger partial charge on any atom is -0.314 e. The van der Waals surface area contributed by atoms with Crippen LogP contribution in [0.25, 0.3) is 0 Å². The van der Waals surface area contributed by atoms with Crippen molar-refractivity contribution in [1.29, 1.82) is 0 Å². The maximum atomic E-state index is 3.53. The van der Waals surface area contributed by atoms with Crippen LogP contribution >= 0.6 is 0 Å². The molecule has 1 heterocycles. The second-order valence-corrected chi connectivity index (χ2v) is 5.14. The molecule has 1 fully saturated rings. The topological polar surface area (TPSA) is 21.8 Å². The lowest BCUT2D eigenvalue weighted by atomic mass is 10.3. The van der Waals surface area contributed by atoms with E-state index in [4.69, 9.17) is 0 Å². The van der Waals surface area contributed by atoms with Crippen LogP contribution in [0.15, 0.2) is 0 Å². The Bertz CT molecular complexity index is 186. The zero-order valence-electron chi connectivity index (χ0n) is 11.9. The fourth-order valence-corrected chi connectivity index (χ4v) is 2.21. The Balaban J connectivity index is 2.35. The average molecular weight is 242 g/mol. The molecular formula is C13H30N4. The minimum atomic E-state index is 1.11. The van der Waals surface area contributed by atoms with Gasteiger partial charge in [0.15, 0.2) is 0 Å². The van der Waals surface area contributed by atoms with Crippen LogP contribution in [0.1, 0.15) is 13.3 Å². The molecule has 0 atom stereocenters. The summed E-state index contributed by atoms with van der Waals surface area (Å²) in [5.41, 5.74) is 0. The maximum absolute atomic E-state index is 3.53. The molecule has 1 aliphatic heterocycles. The molecule has 1 N–H and O–H groups in total. The van der Waals surface area contributed by atoms with Crippen LogP contribution in [-0.4, -0.2) is 87.7 Å². The van der Waals surface area contributed by atoms with Crippen LogP contribution in [0, 0.1) is 0 Å². The fourth-order valence-electron chi connectivity index (χ4n) is 2.21. The molecule has 0 aromatic carbocycles. The summed E-state index contributed by atoms with van der Waals surface area (Å²) in [5.74, 6) is 0. The highest BCUT2D eigenvalue weighted by Crippen LogP contribution is 1.94. The standard InChI is InChI=1S/C13H30N4/c1-4-17-11-7-14-6-10-15(2)8-5-9-16(3)12-13-17/h14H,4-13H2,1-3H3. The van der Waals surface area contributed by atoms with Crippen molar-refractivity contribution in [3.05, 3.63) is 0 Å². The van der Waals surface area contributed by atoms with Gasteiger partial charge in [0, 0.05) is 39.3 Å². The van der Waals surface area contributed by atoms with Gasteiger partial charge >= 0.3 is 0 Å². The van der Waals surface area contributed by atoms with E-state index in [0.717, 1.165) is 26.2 Å². The SMILES string of the molecule is CCN1CCNCCN(C)CCCN(C)CC1. The number of nitrogens with one attached hydrogen (secondary N) is 1. The van der Waals surface area contributed by atoms with Crippen LogP contribution in [0.5, 0.6) is 0 Å². The molecule has 0 radical (unpaired) electrons. The van der Waals surface area contributed by atoms with Gasteiger partial charge in [-0.15, -0.1) is 0 Å². The Kier molecular flexibility index (Phi) is 7.77. The van der Waals surface area contributed by atoms with Crippen molar-refractivity contribution in [2.45, 2.75) is 13.3 Å². The van der Waals surface area contributed by atoms with Crippen LogP contribution in [0.3, 0.4) is 0 Å². The first-order valence-electron chi connectivity index (χ1n) is 7.02. The quantitative estimate of drug-likeness (QED) is 0.707. The highest BCUT2D eigenvalue weighted by Gasteiger charge is 2.06. The van der Waals surface area contributed by atoms with Gasteiger partial charge in [0.1, 0.15) is 0 Å². The summed E-state index contributed by atoms with van der Waals surface area (Å²) < 4.78 is 0. The van der Waals surface area contributed by atoms with Gasteiger partial charge in [0.2, 0.25) is 0 Å². The number of hydrogen-bond acceptors (Lipinski definition) is 4. The van der Waals surface area contributed by atoms with Crippen molar-refractivity contribution in [2.24, 2.45) is 0 Å². The van der Waals surface area contributed by atoms with Crippen molar-refractivity contribution in [1.82, 2.24) is 20.0 Å². The van der Waals surface area contributed by atoms with Crippen molar-refractivity contribution < 1.29 is 0 Å². The van der Waals surface area contributed by atoms with E-state index in [1.54, 1.807) is 0 Å². The number of rotatable bonds is 1. The molecule has 1 saturated heterocycles. The smallest absolute Gasteiger partial charge is 0.0110 e. The van der Waals surface area contributed by atoms with Gasteiger partial charge in [-0.2, -0.15) is 0 Å². The third kappa shape index (κ3) is 6.99.